The largest absolute Gasteiger partial charge is 0.492 e. The monoisotopic (exact) mass is 532 g/mol. The Morgan fingerprint density at radius 2 is 1.57 bits per heavy atom. The van der Waals surface area contributed by atoms with Crippen molar-refractivity contribution in [2.75, 3.05) is 14.2 Å². The molecule has 0 aliphatic heterocycles. The lowest BCUT2D eigenvalue weighted by Crippen LogP contribution is -2.26. The van der Waals surface area contributed by atoms with Gasteiger partial charge in [-0.3, -0.25) is 9.59 Å². The number of aromatic nitrogens is 2. The summed E-state index contributed by atoms with van der Waals surface area (Å²) >= 11 is 0. The Kier molecular flexibility index (Phi) is 6.72. The number of benzene rings is 2. The minimum Gasteiger partial charge on any atom is -0.492 e. The van der Waals surface area contributed by atoms with E-state index in [1.54, 1.807) is 6.20 Å². The zero-order valence-corrected chi connectivity index (χ0v) is 23.4. The number of H-pyrrole nitrogens is 2. The number of carbonyl (C=O) groups excluding carboxylic acids is 2. The van der Waals surface area contributed by atoms with E-state index < -0.39 is 17.0 Å². The van der Waals surface area contributed by atoms with E-state index in [1.807, 2.05) is 81.5 Å². The third kappa shape index (κ3) is 4.13. The summed E-state index contributed by atoms with van der Waals surface area (Å²) in [5.41, 5.74) is 5.24. The van der Waals surface area contributed by atoms with Crippen molar-refractivity contribution < 1.29 is 19.1 Å². The van der Waals surface area contributed by atoms with E-state index in [0.717, 1.165) is 38.6 Å². The predicted octanol–water partition coefficient (Wildman–Crippen LogP) is 7.27. The predicted molar refractivity (Wildman–Crippen MR) is 162 cm³/mol. The fraction of sp³-hybridized carbons (Fsp3) is 0.176. The number of methoxy groups -OCH3 is 2. The smallest absolute Gasteiger partial charge is 0.232 e. The molecule has 2 aromatic carbocycles. The molecule has 0 saturated heterocycles. The van der Waals surface area contributed by atoms with Gasteiger partial charge in [-0.1, -0.05) is 80.6 Å². The maximum atomic E-state index is 14.3. The van der Waals surface area contributed by atoms with Crippen molar-refractivity contribution in [1.29, 1.82) is 0 Å². The number of allylic oxidation sites excluding steroid dienone is 5. The number of ketones is 2. The summed E-state index contributed by atoms with van der Waals surface area (Å²) in [6, 6.07) is 13.5. The second-order valence-electron chi connectivity index (χ2n) is 10.5. The molecule has 0 amide bonds. The Bertz CT molecular complexity index is 1820. The van der Waals surface area contributed by atoms with Crippen molar-refractivity contribution in [3.05, 3.63) is 113 Å². The number of fused-ring (bicyclic) bond motifs is 2. The standard InChI is InChI=1S/C34H32N2O4/c1-8-34(4,5)33-25(22-13-9-10-15-24(22)36-33)27-30(38)31(39-6)26(29(37)32(27)40-7)23-18-35-28-20(17-16-19(2)3)12-11-14-21(23)28/h8-18,35-36H,1-2H2,3-7H3/b17-16+. The number of hydrogen-bond donors (Lipinski definition) is 2. The summed E-state index contributed by atoms with van der Waals surface area (Å²) in [6.45, 7) is 13.9. The molecular weight excluding hydrogens is 500 g/mol. The first kappa shape index (κ1) is 26.8. The summed E-state index contributed by atoms with van der Waals surface area (Å²) in [5.74, 6) is -0.908. The Morgan fingerprint density at radius 3 is 2.25 bits per heavy atom. The Balaban J connectivity index is 1.77. The first-order chi connectivity index (χ1) is 19.1. The van der Waals surface area contributed by atoms with Crippen LogP contribution in [-0.4, -0.2) is 35.8 Å². The average Bonchev–Trinajstić information content (AvgIpc) is 3.55. The number of ether oxygens (including phenoxy) is 2. The molecule has 2 heterocycles. The highest BCUT2D eigenvalue weighted by Gasteiger charge is 2.41. The SMILES string of the molecule is C=CC(C)(C)c1[nH]c2ccccc2c1C1=C(OC)C(=O)C(c2c[nH]c3c(/C=C/C(=C)C)cccc23)=C(OC)C1=O. The van der Waals surface area contributed by atoms with Gasteiger partial charge in [0, 0.05) is 44.7 Å². The maximum absolute atomic E-state index is 14.3. The van der Waals surface area contributed by atoms with E-state index in [0.29, 0.717) is 11.1 Å². The van der Waals surface area contributed by atoms with Crippen molar-refractivity contribution >= 4 is 50.6 Å². The molecule has 0 spiro atoms. The molecule has 2 aromatic heterocycles. The lowest BCUT2D eigenvalue weighted by Gasteiger charge is -2.26. The average molecular weight is 533 g/mol. The fourth-order valence-corrected chi connectivity index (χ4v) is 5.26. The molecular formula is C34H32N2O4. The number of hydrogen-bond acceptors (Lipinski definition) is 4. The second kappa shape index (κ2) is 10.0. The number of rotatable bonds is 8. The van der Waals surface area contributed by atoms with Gasteiger partial charge in [0.2, 0.25) is 11.6 Å². The van der Waals surface area contributed by atoms with Crippen molar-refractivity contribution in [2.24, 2.45) is 0 Å². The molecule has 5 rings (SSSR count). The van der Waals surface area contributed by atoms with Gasteiger partial charge < -0.3 is 19.4 Å². The van der Waals surface area contributed by atoms with Crippen LogP contribution in [0.3, 0.4) is 0 Å². The summed E-state index contributed by atoms with van der Waals surface area (Å²) in [7, 11) is 2.83. The molecule has 1 aliphatic carbocycles. The van der Waals surface area contributed by atoms with Crippen LogP contribution < -0.4 is 0 Å². The van der Waals surface area contributed by atoms with Gasteiger partial charge in [0.25, 0.3) is 0 Å². The molecule has 1 aliphatic rings. The highest BCUT2D eigenvalue weighted by atomic mass is 16.5. The van der Waals surface area contributed by atoms with Crippen LogP contribution in [0.5, 0.6) is 0 Å². The fourth-order valence-electron chi connectivity index (χ4n) is 5.26. The lowest BCUT2D eigenvalue weighted by atomic mass is 9.80. The highest BCUT2D eigenvalue weighted by molar-refractivity contribution is 6.48. The van der Waals surface area contributed by atoms with Crippen LogP contribution in [0.1, 0.15) is 43.2 Å². The van der Waals surface area contributed by atoms with Gasteiger partial charge >= 0.3 is 0 Å². The van der Waals surface area contributed by atoms with Gasteiger partial charge in [-0.25, -0.2) is 0 Å². The summed E-state index contributed by atoms with van der Waals surface area (Å²) in [6.07, 6.45) is 7.43. The first-order valence-corrected chi connectivity index (χ1v) is 13.0. The van der Waals surface area contributed by atoms with Crippen molar-refractivity contribution in [2.45, 2.75) is 26.2 Å². The maximum Gasteiger partial charge on any atom is 0.232 e. The third-order valence-electron chi connectivity index (χ3n) is 7.40. The summed E-state index contributed by atoms with van der Waals surface area (Å²) < 4.78 is 11.4. The number of aromatic amines is 2. The van der Waals surface area contributed by atoms with Gasteiger partial charge in [0.1, 0.15) is 0 Å². The minimum atomic E-state index is -0.536. The summed E-state index contributed by atoms with van der Waals surface area (Å²) in [4.78, 5) is 35.3. The summed E-state index contributed by atoms with van der Waals surface area (Å²) in [5, 5.41) is 1.59. The molecule has 0 bridgehead atoms. The molecule has 4 aromatic rings. The Hall–Kier alpha value is -4.84. The molecule has 2 N–H and O–H groups in total. The van der Waals surface area contributed by atoms with Crippen LogP contribution in [0.2, 0.25) is 0 Å². The van der Waals surface area contributed by atoms with E-state index in [4.69, 9.17) is 9.47 Å². The minimum absolute atomic E-state index is 0.0284. The topological polar surface area (TPSA) is 84.2 Å². The molecule has 6 nitrogen and oxygen atoms in total. The molecule has 6 heteroatoms. The van der Waals surface area contributed by atoms with Crippen molar-refractivity contribution in [1.82, 2.24) is 9.97 Å². The van der Waals surface area contributed by atoms with Gasteiger partial charge in [0.15, 0.2) is 11.5 Å². The van der Waals surface area contributed by atoms with Crippen LogP contribution in [-0.2, 0) is 24.5 Å². The number of para-hydroxylation sites is 2. The third-order valence-corrected chi connectivity index (χ3v) is 7.40. The van der Waals surface area contributed by atoms with Crippen LogP contribution in [0.15, 0.2) is 91.1 Å². The van der Waals surface area contributed by atoms with E-state index in [1.165, 1.54) is 14.2 Å². The van der Waals surface area contributed by atoms with Gasteiger partial charge in [0.05, 0.1) is 30.9 Å². The Morgan fingerprint density at radius 1 is 0.925 bits per heavy atom. The van der Waals surface area contributed by atoms with Crippen molar-refractivity contribution in [3.8, 4) is 0 Å². The zero-order chi connectivity index (χ0) is 28.8. The molecule has 0 saturated carbocycles. The Labute approximate surface area is 233 Å². The van der Waals surface area contributed by atoms with Crippen LogP contribution in [0.25, 0.3) is 39.0 Å². The van der Waals surface area contributed by atoms with E-state index >= 15 is 0 Å². The normalized spacial score (nSPS) is 14.6. The lowest BCUT2D eigenvalue weighted by molar-refractivity contribution is -0.117. The molecule has 0 radical (unpaired) electrons. The number of Topliss-reactive ketones (excluding diaryl/α,β-unsaturated/α-hetero) is 2. The van der Waals surface area contributed by atoms with Crippen LogP contribution in [0.4, 0.5) is 0 Å². The highest BCUT2D eigenvalue weighted by Crippen LogP contribution is 2.44. The van der Waals surface area contributed by atoms with E-state index in [-0.39, 0.29) is 22.7 Å². The van der Waals surface area contributed by atoms with Crippen molar-refractivity contribution in [3.63, 3.8) is 0 Å². The quantitative estimate of drug-likeness (QED) is 0.142. The van der Waals surface area contributed by atoms with Gasteiger partial charge in [-0.05, 0) is 18.6 Å². The van der Waals surface area contributed by atoms with Crippen LogP contribution >= 0.6 is 0 Å². The second-order valence-corrected chi connectivity index (χ2v) is 10.5. The van der Waals surface area contributed by atoms with Crippen LogP contribution in [0, 0.1) is 0 Å². The number of carbonyl (C=O) groups is 2. The van der Waals surface area contributed by atoms with E-state index in [2.05, 4.69) is 23.1 Å². The zero-order valence-electron chi connectivity index (χ0n) is 23.4. The number of nitrogens with one attached hydrogen (secondary N) is 2. The first-order valence-electron chi connectivity index (χ1n) is 13.0. The molecule has 0 fully saturated rings. The molecule has 0 atom stereocenters. The van der Waals surface area contributed by atoms with Gasteiger partial charge in [-0.15, -0.1) is 6.58 Å². The molecule has 0 unspecified atom stereocenters. The molecule has 40 heavy (non-hydrogen) atoms. The van der Waals surface area contributed by atoms with E-state index in [9.17, 15) is 9.59 Å². The van der Waals surface area contributed by atoms with Gasteiger partial charge in [-0.2, -0.15) is 0 Å². The molecule has 202 valence electrons.